The van der Waals surface area contributed by atoms with Crippen molar-refractivity contribution in [2.45, 2.75) is 45.3 Å². The highest BCUT2D eigenvalue weighted by molar-refractivity contribution is 7.86. The average Bonchev–Trinajstić information content (AvgIpc) is 3.23. The third-order valence-electron chi connectivity index (χ3n) is 4.29. The van der Waals surface area contributed by atoms with Crippen LogP contribution in [-0.2, 0) is 16.8 Å². The summed E-state index contributed by atoms with van der Waals surface area (Å²) in [6.45, 7) is 4.55. The molecular formula is C17H23N3O3S. The Morgan fingerprint density at radius 2 is 2.17 bits per heavy atom. The molecule has 1 atom stereocenters. The number of nitrogens with zero attached hydrogens (tertiary/aromatic N) is 3. The zero-order chi connectivity index (χ0) is 17.2. The highest BCUT2D eigenvalue weighted by atomic mass is 32.2. The molecule has 0 bridgehead atoms. The van der Waals surface area contributed by atoms with E-state index in [0.29, 0.717) is 12.3 Å². The molecule has 1 saturated heterocycles. The third-order valence-corrected chi connectivity index (χ3v) is 6.46. The van der Waals surface area contributed by atoms with Crippen molar-refractivity contribution in [3.05, 3.63) is 54.2 Å². The van der Waals surface area contributed by atoms with Gasteiger partial charge in [0.05, 0.1) is 24.5 Å². The molecule has 2 aromatic heterocycles. The van der Waals surface area contributed by atoms with Crippen molar-refractivity contribution in [2.24, 2.45) is 0 Å². The Morgan fingerprint density at radius 1 is 1.33 bits per heavy atom. The summed E-state index contributed by atoms with van der Waals surface area (Å²) >= 11 is 0. The van der Waals surface area contributed by atoms with Gasteiger partial charge in [0.25, 0.3) is 10.2 Å². The quantitative estimate of drug-likeness (QED) is 0.804. The van der Waals surface area contributed by atoms with Gasteiger partial charge in [-0.15, -0.1) is 0 Å². The van der Waals surface area contributed by atoms with Crippen molar-refractivity contribution in [3.63, 3.8) is 0 Å². The summed E-state index contributed by atoms with van der Waals surface area (Å²) in [6.07, 6.45) is 4.89. The molecule has 24 heavy (non-hydrogen) atoms. The Hall–Kier alpha value is -1.70. The van der Waals surface area contributed by atoms with E-state index in [9.17, 15) is 8.42 Å². The Kier molecular flexibility index (Phi) is 5.03. The standard InChI is InChI=1S/C17H23N3O3S/c1-14(2)20(13-15-7-3-4-10-18-15)24(21,22)19-11-5-8-16(19)17-9-6-12-23-17/h3-4,6-7,9-10,12,14,16H,5,8,11,13H2,1-2H3/t16-/m0/s1. The van der Waals surface area contributed by atoms with Crippen LogP contribution in [0.5, 0.6) is 0 Å². The summed E-state index contributed by atoms with van der Waals surface area (Å²) in [7, 11) is -3.61. The van der Waals surface area contributed by atoms with Gasteiger partial charge in [-0.05, 0) is 51.0 Å². The molecule has 2 aromatic rings. The maximum atomic E-state index is 13.3. The monoisotopic (exact) mass is 349 g/mol. The number of hydrogen-bond donors (Lipinski definition) is 0. The molecule has 0 N–H and O–H groups in total. The van der Waals surface area contributed by atoms with Gasteiger partial charge < -0.3 is 4.42 Å². The van der Waals surface area contributed by atoms with Crippen LogP contribution < -0.4 is 0 Å². The van der Waals surface area contributed by atoms with Crippen LogP contribution in [0.4, 0.5) is 0 Å². The molecule has 1 fully saturated rings. The van der Waals surface area contributed by atoms with Gasteiger partial charge in [0, 0.05) is 18.8 Å². The molecule has 6 nitrogen and oxygen atoms in total. The lowest BCUT2D eigenvalue weighted by atomic mass is 10.2. The van der Waals surface area contributed by atoms with E-state index in [1.807, 2.05) is 38.1 Å². The maximum Gasteiger partial charge on any atom is 0.283 e. The lowest BCUT2D eigenvalue weighted by molar-refractivity contribution is 0.275. The molecule has 0 amide bonds. The van der Waals surface area contributed by atoms with E-state index >= 15 is 0 Å². The fourth-order valence-electron chi connectivity index (χ4n) is 3.10. The zero-order valence-electron chi connectivity index (χ0n) is 14.0. The summed E-state index contributed by atoms with van der Waals surface area (Å²) in [4.78, 5) is 4.27. The van der Waals surface area contributed by atoms with Gasteiger partial charge in [-0.25, -0.2) is 0 Å². The number of furan rings is 1. The van der Waals surface area contributed by atoms with Crippen molar-refractivity contribution in [1.82, 2.24) is 13.6 Å². The highest BCUT2D eigenvalue weighted by Crippen LogP contribution is 2.36. The van der Waals surface area contributed by atoms with Crippen molar-refractivity contribution in [1.29, 1.82) is 0 Å². The average molecular weight is 349 g/mol. The van der Waals surface area contributed by atoms with E-state index in [1.54, 1.807) is 22.8 Å². The van der Waals surface area contributed by atoms with Crippen molar-refractivity contribution < 1.29 is 12.8 Å². The first-order valence-corrected chi connectivity index (χ1v) is 9.62. The molecule has 1 aliphatic rings. The first-order valence-electron chi connectivity index (χ1n) is 8.22. The summed E-state index contributed by atoms with van der Waals surface area (Å²) in [5.41, 5.74) is 0.739. The molecular weight excluding hydrogens is 326 g/mol. The zero-order valence-corrected chi connectivity index (χ0v) is 14.8. The molecule has 3 heterocycles. The number of aromatic nitrogens is 1. The van der Waals surface area contributed by atoms with Crippen LogP contribution >= 0.6 is 0 Å². The topological polar surface area (TPSA) is 66.7 Å². The van der Waals surface area contributed by atoms with Crippen LogP contribution in [0.15, 0.2) is 47.2 Å². The van der Waals surface area contributed by atoms with Crippen LogP contribution in [-0.4, -0.2) is 34.6 Å². The van der Waals surface area contributed by atoms with Gasteiger partial charge in [0.2, 0.25) is 0 Å². The lowest BCUT2D eigenvalue weighted by Crippen LogP contribution is -2.46. The Labute approximate surface area is 143 Å². The fourth-order valence-corrected chi connectivity index (χ4v) is 5.09. The van der Waals surface area contributed by atoms with E-state index in [4.69, 9.17) is 4.42 Å². The third kappa shape index (κ3) is 3.38. The van der Waals surface area contributed by atoms with Crippen LogP contribution in [0, 0.1) is 0 Å². The predicted molar refractivity (Wildman–Crippen MR) is 91.2 cm³/mol. The largest absolute Gasteiger partial charge is 0.468 e. The normalized spacial score (nSPS) is 19.4. The Bertz CT molecular complexity index is 745. The molecule has 0 aromatic carbocycles. The molecule has 0 saturated carbocycles. The summed E-state index contributed by atoms with van der Waals surface area (Å²) in [5.74, 6) is 0.706. The van der Waals surface area contributed by atoms with Crippen molar-refractivity contribution in [3.8, 4) is 0 Å². The number of hydrogen-bond acceptors (Lipinski definition) is 4. The van der Waals surface area contributed by atoms with Gasteiger partial charge in [0.15, 0.2) is 0 Å². The predicted octanol–water partition coefficient (Wildman–Crippen LogP) is 2.97. The van der Waals surface area contributed by atoms with E-state index in [2.05, 4.69) is 4.98 Å². The molecule has 1 aliphatic heterocycles. The molecule has 3 rings (SSSR count). The van der Waals surface area contributed by atoms with Crippen molar-refractivity contribution in [2.75, 3.05) is 6.54 Å². The molecule has 0 unspecified atom stereocenters. The molecule has 7 heteroatoms. The minimum absolute atomic E-state index is 0.158. The molecule has 0 radical (unpaired) electrons. The van der Waals surface area contributed by atoms with E-state index in [0.717, 1.165) is 18.5 Å². The maximum absolute atomic E-state index is 13.3. The second kappa shape index (κ2) is 7.04. The van der Waals surface area contributed by atoms with Crippen molar-refractivity contribution >= 4 is 10.2 Å². The first kappa shape index (κ1) is 17.1. The minimum atomic E-state index is -3.61. The summed E-state index contributed by atoms with van der Waals surface area (Å²) in [5, 5.41) is 0. The molecule has 0 spiro atoms. The van der Waals surface area contributed by atoms with Crippen LogP contribution in [0.2, 0.25) is 0 Å². The van der Waals surface area contributed by atoms with Gasteiger partial charge >= 0.3 is 0 Å². The van der Waals surface area contributed by atoms with Crippen LogP contribution in [0.3, 0.4) is 0 Å². The fraction of sp³-hybridized carbons (Fsp3) is 0.471. The van der Waals surface area contributed by atoms with Gasteiger partial charge in [-0.3, -0.25) is 4.98 Å². The Morgan fingerprint density at radius 3 is 2.79 bits per heavy atom. The SMILES string of the molecule is CC(C)N(Cc1ccccn1)S(=O)(=O)N1CCC[C@H]1c1ccco1. The first-order chi connectivity index (χ1) is 11.5. The molecule has 130 valence electrons. The second-order valence-electron chi connectivity index (χ2n) is 6.25. The summed E-state index contributed by atoms with van der Waals surface area (Å²) < 4.78 is 35.1. The van der Waals surface area contributed by atoms with Crippen LogP contribution in [0.25, 0.3) is 0 Å². The van der Waals surface area contributed by atoms with Gasteiger partial charge in [0.1, 0.15) is 5.76 Å². The Balaban J connectivity index is 1.88. The minimum Gasteiger partial charge on any atom is -0.468 e. The number of rotatable bonds is 6. The lowest BCUT2D eigenvalue weighted by Gasteiger charge is -2.32. The van der Waals surface area contributed by atoms with Gasteiger partial charge in [-0.2, -0.15) is 17.0 Å². The highest BCUT2D eigenvalue weighted by Gasteiger charge is 2.41. The van der Waals surface area contributed by atoms with E-state index in [1.165, 1.54) is 4.31 Å². The number of pyridine rings is 1. The molecule has 0 aliphatic carbocycles. The second-order valence-corrected chi connectivity index (χ2v) is 8.09. The van der Waals surface area contributed by atoms with E-state index in [-0.39, 0.29) is 18.6 Å². The smallest absolute Gasteiger partial charge is 0.283 e. The van der Waals surface area contributed by atoms with Gasteiger partial charge in [-0.1, -0.05) is 6.07 Å². The van der Waals surface area contributed by atoms with E-state index < -0.39 is 10.2 Å². The summed E-state index contributed by atoms with van der Waals surface area (Å²) in [6, 6.07) is 8.80. The van der Waals surface area contributed by atoms with Crippen LogP contribution in [0.1, 0.15) is 44.2 Å².